The van der Waals surface area contributed by atoms with Gasteiger partial charge in [-0.05, 0) is 42.8 Å². The molecule has 0 radical (unpaired) electrons. The summed E-state index contributed by atoms with van der Waals surface area (Å²) in [5, 5.41) is 4.63. The molecule has 4 heteroatoms. The van der Waals surface area contributed by atoms with Crippen LogP contribution in [0.4, 0.5) is 5.69 Å². The van der Waals surface area contributed by atoms with Crippen molar-refractivity contribution in [1.82, 2.24) is 4.98 Å². The molecule has 0 amide bonds. The molecule has 1 N–H and O–H groups in total. The number of fused-ring (bicyclic) bond motifs is 2. The Bertz CT molecular complexity index is 846. The van der Waals surface area contributed by atoms with Crippen molar-refractivity contribution in [2.75, 3.05) is 12.1 Å². The van der Waals surface area contributed by atoms with Gasteiger partial charge in [0.2, 0.25) is 6.79 Å². The van der Waals surface area contributed by atoms with Crippen LogP contribution in [0, 0.1) is 6.92 Å². The minimum atomic E-state index is 0.306. The SMILES string of the molecule is Cc1ccc2nccc(NCc3ccc4c(c3)OCO4)c2c1. The van der Waals surface area contributed by atoms with Crippen molar-refractivity contribution in [3.05, 3.63) is 59.8 Å². The van der Waals surface area contributed by atoms with Gasteiger partial charge in [-0.15, -0.1) is 0 Å². The van der Waals surface area contributed by atoms with Crippen LogP contribution < -0.4 is 14.8 Å². The number of aromatic nitrogens is 1. The summed E-state index contributed by atoms with van der Waals surface area (Å²) in [7, 11) is 0. The first kappa shape index (κ1) is 13.0. The molecule has 4 rings (SSSR count). The van der Waals surface area contributed by atoms with E-state index in [9.17, 15) is 0 Å². The molecule has 0 bridgehead atoms. The Morgan fingerprint density at radius 1 is 1.05 bits per heavy atom. The molecule has 4 nitrogen and oxygen atoms in total. The van der Waals surface area contributed by atoms with Crippen LogP contribution in [0.2, 0.25) is 0 Å². The number of aryl methyl sites for hydroxylation is 1. The highest BCUT2D eigenvalue weighted by Crippen LogP contribution is 2.33. The first-order chi connectivity index (χ1) is 10.8. The Morgan fingerprint density at radius 2 is 1.95 bits per heavy atom. The van der Waals surface area contributed by atoms with Gasteiger partial charge in [-0.2, -0.15) is 0 Å². The second-order valence-electron chi connectivity index (χ2n) is 5.42. The molecule has 1 aliphatic heterocycles. The number of nitrogens with one attached hydrogen (secondary N) is 1. The van der Waals surface area contributed by atoms with Crippen molar-refractivity contribution in [2.45, 2.75) is 13.5 Å². The summed E-state index contributed by atoms with van der Waals surface area (Å²) in [6, 6.07) is 14.3. The summed E-state index contributed by atoms with van der Waals surface area (Å²) in [6.07, 6.45) is 1.83. The van der Waals surface area contributed by atoms with Gasteiger partial charge in [-0.25, -0.2) is 0 Å². The Balaban J connectivity index is 1.60. The lowest BCUT2D eigenvalue weighted by atomic mass is 10.1. The summed E-state index contributed by atoms with van der Waals surface area (Å²) in [5.41, 5.74) is 4.47. The minimum absolute atomic E-state index is 0.306. The highest BCUT2D eigenvalue weighted by Gasteiger charge is 2.13. The Kier molecular flexibility index (Phi) is 3.07. The van der Waals surface area contributed by atoms with E-state index < -0.39 is 0 Å². The average Bonchev–Trinajstić information content (AvgIpc) is 3.00. The van der Waals surface area contributed by atoms with E-state index in [1.165, 1.54) is 5.56 Å². The third-order valence-electron chi connectivity index (χ3n) is 3.82. The summed E-state index contributed by atoms with van der Waals surface area (Å²) >= 11 is 0. The highest BCUT2D eigenvalue weighted by atomic mass is 16.7. The molecule has 0 saturated carbocycles. The zero-order chi connectivity index (χ0) is 14.9. The number of ether oxygens (including phenoxy) is 2. The maximum absolute atomic E-state index is 5.42. The molecule has 0 unspecified atom stereocenters. The second kappa shape index (κ2) is 5.22. The third-order valence-corrected chi connectivity index (χ3v) is 3.82. The molecular weight excluding hydrogens is 276 g/mol. The summed E-state index contributed by atoms with van der Waals surface area (Å²) in [4.78, 5) is 4.41. The van der Waals surface area contributed by atoms with Crippen molar-refractivity contribution in [2.24, 2.45) is 0 Å². The smallest absolute Gasteiger partial charge is 0.231 e. The van der Waals surface area contributed by atoms with Gasteiger partial charge in [0.05, 0.1) is 5.52 Å². The fraction of sp³-hybridized carbons (Fsp3) is 0.167. The van der Waals surface area contributed by atoms with Gasteiger partial charge in [0.15, 0.2) is 11.5 Å². The monoisotopic (exact) mass is 292 g/mol. The second-order valence-corrected chi connectivity index (χ2v) is 5.42. The van der Waals surface area contributed by atoms with E-state index in [0.717, 1.165) is 40.2 Å². The van der Waals surface area contributed by atoms with E-state index in [1.54, 1.807) is 0 Å². The Hall–Kier alpha value is -2.75. The summed E-state index contributed by atoms with van der Waals surface area (Å²) in [6.45, 7) is 3.12. The topological polar surface area (TPSA) is 43.4 Å². The lowest BCUT2D eigenvalue weighted by Gasteiger charge is -2.10. The average molecular weight is 292 g/mol. The van der Waals surface area contributed by atoms with Crippen molar-refractivity contribution < 1.29 is 9.47 Å². The molecule has 22 heavy (non-hydrogen) atoms. The summed E-state index contributed by atoms with van der Waals surface area (Å²) in [5.74, 6) is 1.63. The number of rotatable bonds is 3. The minimum Gasteiger partial charge on any atom is -0.454 e. The lowest BCUT2D eigenvalue weighted by molar-refractivity contribution is 0.174. The third kappa shape index (κ3) is 2.33. The molecule has 1 aromatic heterocycles. The van der Waals surface area contributed by atoms with Crippen molar-refractivity contribution >= 4 is 16.6 Å². The first-order valence-electron chi connectivity index (χ1n) is 7.27. The Morgan fingerprint density at radius 3 is 2.91 bits per heavy atom. The van der Waals surface area contributed by atoms with Crippen molar-refractivity contribution in [3.63, 3.8) is 0 Å². The van der Waals surface area contributed by atoms with Gasteiger partial charge in [0, 0.05) is 23.8 Å². The maximum atomic E-state index is 5.42. The number of nitrogens with zero attached hydrogens (tertiary/aromatic N) is 1. The van der Waals surface area contributed by atoms with Gasteiger partial charge < -0.3 is 14.8 Å². The lowest BCUT2D eigenvalue weighted by Crippen LogP contribution is -2.00. The van der Waals surface area contributed by atoms with E-state index in [2.05, 4.69) is 41.5 Å². The molecule has 2 heterocycles. The number of pyridine rings is 1. The van der Waals surface area contributed by atoms with Crippen LogP contribution in [0.15, 0.2) is 48.7 Å². The van der Waals surface area contributed by atoms with Crippen LogP contribution in [0.5, 0.6) is 11.5 Å². The van der Waals surface area contributed by atoms with Gasteiger partial charge in [0.1, 0.15) is 0 Å². The predicted octanol–water partition coefficient (Wildman–Crippen LogP) is 3.88. The molecule has 0 saturated heterocycles. The normalized spacial score (nSPS) is 12.6. The molecule has 3 aromatic rings. The van der Waals surface area contributed by atoms with Crippen LogP contribution >= 0.6 is 0 Å². The van der Waals surface area contributed by atoms with Gasteiger partial charge in [0.25, 0.3) is 0 Å². The quantitative estimate of drug-likeness (QED) is 0.795. The molecular formula is C18H16N2O2. The maximum Gasteiger partial charge on any atom is 0.231 e. The fourth-order valence-corrected chi connectivity index (χ4v) is 2.66. The number of hydrogen-bond acceptors (Lipinski definition) is 4. The van der Waals surface area contributed by atoms with E-state index in [0.29, 0.717) is 6.79 Å². The van der Waals surface area contributed by atoms with Crippen LogP contribution in [0.1, 0.15) is 11.1 Å². The highest BCUT2D eigenvalue weighted by molar-refractivity contribution is 5.91. The molecule has 0 atom stereocenters. The predicted molar refractivity (Wildman–Crippen MR) is 86.4 cm³/mol. The fourth-order valence-electron chi connectivity index (χ4n) is 2.66. The van der Waals surface area contributed by atoms with E-state index in [-0.39, 0.29) is 0 Å². The first-order valence-corrected chi connectivity index (χ1v) is 7.27. The zero-order valence-electron chi connectivity index (χ0n) is 12.3. The molecule has 1 aliphatic rings. The van der Waals surface area contributed by atoms with Crippen LogP contribution in [-0.2, 0) is 6.54 Å². The standard InChI is InChI=1S/C18H16N2O2/c1-12-2-4-15-14(8-12)16(6-7-19-15)20-10-13-3-5-17-18(9-13)22-11-21-17/h2-9H,10-11H2,1H3,(H,19,20). The molecule has 0 aliphatic carbocycles. The van der Waals surface area contributed by atoms with Gasteiger partial charge in [-0.3, -0.25) is 4.98 Å². The van der Waals surface area contributed by atoms with Gasteiger partial charge >= 0.3 is 0 Å². The Labute approximate surface area is 128 Å². The van der Waals surface area contributed by atoms with Gasteiger partial charge in [-0.1, -0.05) is 17.7 Å². The number of hydrogen-bond donors (Lipinski definition) is 1. The van der Waals surface area contributed by atoms with E-state index >= 15 is 0 Å². The molecule has 0 spiro atoms. The number of anilines is 1. The van der Waals surface area contributed by atoms with Crippen LogP contribution in [-0.4, -0.2) is 11.8 Å². The molecule has 110 valence electrons. The number of benzene rings is 2. The van der Waals surface area contributed by atoms with Crippen LogP contribution in [0.25, 0.3) is 10.9 Å². The van der Waals surface area contributed by atoms with Crippen molar-refractivity contribution in [1.29, 1.82) is 0 Å². The van der Waals surface area contributed by atoms with E-state index in [4.69, 9.17) is 9.47 Å². The zero-order valence-corrected chi connectivity index (χ0v) is 12.3. The largest absolute Gasteiger partial charge is 0.454 e. The summed E-state index contributed by atoms with van der Waals surface area (Å²) < 4.78 is 10.8. The van der Waals surface area contributed by atoms with Crippen LogP contribution in [0.3, 0.4) is 0 Å². The van der Waals surface area contributed by atoms with E-state index in [1.807, 2.05) is 24.4 Å². The molecule has 0 fully saturated rings. The molecule has 2 aromatic carbocycles. The van der Waals surface area contributed by atoms with Crippen molar-refractivity contribution in [3.8, 4) is 11.5 Å².